The summed E-state index contributed by atoms with van der Waals surface area (Å²) in [4.78, 5) is 4.29. The Morgan fingerprint density at radius 2 is 2.19 bits per heavy atom. The molecule has 0 radical (unpaired) electrons. The van der Waals surface area contributed by atoms with Crippen molar-refractivity contribution in [2.75, 3.05) is 12.4 Å². The molecule has 16 heavy (non-hydrogen) atoms. The maximum absolute atomic E-state index is 8.68. The number of nitrogens with zero attached hydrogens (tertiary/aromatic N) is 1. The van der Waals surface area contributed by atoms with E-state index in [1.807, 2.05) is 24.0 Å². The molecule has 2 rings (SSSR count). The van der Waals surface area contributed by atoms with Crippen molar-refractivity contribution in [3.63, 3.8) is 0 Å². The van der Waals surface area contributed by atoms with Crippen LogP contribution in [0, 0.1) is 0 Å². The summed E-state index contributed by atoms with van der Waals surface area (Å²) in [5, 5.41) is 9.88. The first-order valence-electron chi connectivity index (χ1n) is 5.42. The summed E-state index contributed by atoms with van der Waals surface area (Å²) in [6, 6.07) is 10.4. The third-order valence-electron chi connectivity index (χ3n) is 2.38. The molecule has 1 heterocycles. The molecule has 0 amide bonds. The predicted octanol–water partition coefficient (Wildman–Crippen LogP) is 2.85. The first-order chi connectivity index (χ1) is 7.90. The lowest BCUT2D eigenvalue weighted by atomic mass is 10.1. The van der Waals surface area contributed by atoms with E-state index in [0.29, 0.717) is 0 Å². The standard InChI is InChI=1S/C13H15NOS/c15-7-2-8-16-10-11-4-5-13-12(9-11)3-1-6-14-13/h1,3-6,9,15H,2,7-8,10H2. The van der Waals surface area contributed by atoms with Gasteiger partial charge in [0.15, 0.2) is 0 Å². The topological polar surface area (TPSA) is 33.1 Å². The Kier molecular flexibility index (Phi) is 4.19. The van der Waals surface area contributed by atoms with Crippen LogP contribution in [0.4, 0.5) is 0 Å². The van der Waals surface area contributed by atoms with Crippen LogP contribution < -0.4 is 0 Å². The molecule has 0 atom stereocenters. The number of hydrogen-bond donors (Lipinski definition) is 1. The average Bonchev–Trinajstić information content (AvgIpc) is 2.34. The van der Waals surface area contributed by atoms with Crippen molar-refractivity contribution in [1.82, 2.24) is 4.98 Å². The molecule has 1 N–H and O–H groups in total. The lowest BCUT2D eigenvalue weighted by Crippen LogP contribution is -1.88. The van der Waals surface area contributed by atoms with E-state index in [1.54, 1.807) is 0 Å². The Hall–Kier alpha value is -1.06. The van der Waals surface area contributed by atoms with Gasteiger partial charge in [-0.15, -0.1) is 0 Å². The van der Waals surface area contributed by atoms with Gasteiger partial charge in [0.05, 0.1) is 5.52 Å². The van der Waals surface area contributed by atoms with E-state index in [4.69, 9.17) is 5.11 Å². The van der Waals surface area contributed by atoms with Crippen LogP contribution in [-0.2, 0) is 5.75 Å². The fourth-order valence-electron chi connectivity index (χ4n) is 1.57. The zero-order valence-electron chi connectivity index (χ0n) is 9.10. The summed E-state index contributed by atoms with van der Waals surface area (Å²) in [6.07, 6.45) is 2.69. The van der Waals surface area contributed by atoms with Crippen LogP contribution in [-0.4, -0.2) is 22.5 Å². The van der Waals surface area contributed by atoms with Crippen molar-refractivity contribution in [3.05, 3.63) is 42.1 Å². The molecule has 0 saturated carbocycles. The Bertz CT molecular complexity index is 458. The van der Waals surface area contributed by atoms with Gasteiger partial charge in [-0.1, -0.05) is 12.1 Å². The minimum absolute atomic E-state index is 0.286. The number of rotatable bonds is 5. The van der Waals surface area contributed by atoms with Gasteiger partial charge in [0, 0.05) is 23.9 Å². The third kappa shape index (κ3) is 2.97. The number of aliphatic hydroxyl groups is 1. The van der Waals surface area contributed by atoms with E-state index < -0.39 is 0 Å². The van der Waals surface area contributed by atoms with Crippen LogP contribution in [0.25, 0.3) is 10.9 Å². The fourth-order valence-corrected chi connectivity index (χ4v) is 2.46. The second kappa shape index (κ2) is 5.87. The lowest BCUT2D eigenvalue weighted by molar-refractivity contribution is 0.296. The maximum Gasteiger partial charge on any atom is 0.0702 e. The summed E-state index contributed by atoms with van der Waals surface area (Å²) >= 11 is 1.86. The zero-order valence-corrected chi connectivity index (χ0v) is 9.91. The first kappa shape index (κ1) is 11.4. The van der Waals surface area contributed by atoms with Gasteiger partial charge < -0.3 is 5.11 Å². The van der Waals surface area contributed by atoms with Crippen molar-refractivity contribution < 1.29 is 5.11 Å². The first-order valence-corrected chi connectivity index (χ1v) is 6.58. The summed E-state index contributed by atoms with van der Waals surface area (Å²) in [5.41, 5.74) is 2.37. The molecule has 1 aromatic carbocycles. The smallest absolute Gasteiger partial charge is 0.0702 e. The number of pyridine rings is 1. The highest BCUT2D eigenvalue weighted by Crippen LogP contribution is 2.18. The summed E-state index contributed by atoms with van der Waals surface area (Å²) in [7, 11) is 0. The molecule has 0 bridgehead atoms. The van der Waals surface area contributed by atoms with Gasteiger partial charge in [-0.2, -0.15) is 11.8 Å². The zero-order chi connectivity index (χ0) is 11.2. The van der Waals surface area contributed by atoms with Gasteiger partial charge >= 0.3 is 0 Å². The van der Waals surface area contributed by atoms with Crippen molar-refractivity contribution >= 4 is 22.7 Å². The van der Waals surface area contributed by atoms with E-state index in [2.05, 4.69) is 29.2 Å². The normalized spacial score (nSPS) is 10.8. The average molecular weight is 233 g/mol. The molecule has 0 aliphatic rings. The largest absolute Gasteiger partial charge is 0.396 e. The monoisotopic (exact) mass is 233 g/mol. The van der Waals surface area contributed by atoms with E-state index >= 15 is 0 Å². The van der Waals surface area contributed by atoms with Gasteiger partial charge in [0.25, 0.3) is 0 Å². The minimum Gasteiger partial charge on any atom is -0.396 e. The van der Waals surface area contributed by atoms with Gasteiger partial charge in [0.1, 0.15) is 0 Å². The van der Waals surface area contributed by atoms with Gasteiger partial charge in [-0.3, -0.25) is 4.98 Å². The molecule has 2 aromatic rings. The number of aliphatic hydroxyl groups excluding tert-OH is 1. The molecule has 2 nitrogen and oxygen atoms in total. The number of hydrogen-bond acceptors (Lipinski definition) is 3. The van der Waals surface area contributed by atoms with E-state index in [9.17, 15) is 0 Å². The molecule has 0 aliphatic carbocycles. The highest BCUT2D eigenvalue weighted by molar-refractivity contribution is 7.98. The van der Waals surface area contributed by atoms with Crippen molar-refractivity contribution in [2.24, 2.45) is 0 Å². The summed E-state index contributed by atoms with van der Waals surface area (Å²) in [6.45, 7) is 0.286. The fraction of sp³-hybridized carbons (Fsp3) is 0.308. The second-order valence-corrected chi connectivity index (χ2v) is 4.77. The molecule has 0 saturated heterocycles. The molecule has 0 fully saturated rings. The second-order valence-electron chi connectivity index (χ2n) is 3.66. The van der Waals surface area contributed by atoms with E-state index in [0.717, 1.165) is 23.4 Å². The summed E-state index contributed by atoms with van der Waals surface area (Å²) < 4.78 is 0. The van der Waals surface area contributed by atoms with Crippen molar-refractivity contribution in [2.45, 2.75) is 12.2 Å². The lowest BCUT2D eigenvalue weighted by Gasteiger charge is -2.03. The maximum atomic E-state index is 8.68. The predicted molar refractivity (Wildman–Crippen MR) is 69.6 cm³/mol. The van der Waals surface area contributed by atoms with E-state index in [1.165, 1.54) is 10.9 Å². The Balaban J connectivity index is 2.02. The Morgan fingerprint density at radius 1 is 1.25 bits per heavy atom. The van der Waals surface area contributed by atoms with Crippen LogP contribution in [0.3, 0.4) is 0 Å². The molecule has 0 spiro atoms. The van der Waals surface area contributed by atoms with Crippen LogP contribution in [0.15, 0.2) is 36.5 Å². The Labute approximate surface area is 99.7 Å². The number of benzene rings is 1. The molecule has 84 valence electrons. The van der Waals surface area contributed by atoms with Crippen LogP contribution >= 0.6 is 11.8 Å². The van der Waals surface area contributed by atoms with Crippen LogP contribution in [0.2, 0.25) is 0 Å². The quantitative estimate of drug-likeness (QED) is 0.806. The molecule has 1 aromatic heterocycles. The van der Waals surface area contributed by atoms with Gasteiger partial charge in [0.2, 0.25) is 0 Å². The van der Waals surface area contributed by atoms with Crippen molar-refractivity contribution in [1.29, 1.82) is 0 Å². The molecule has 3 heteroatoms. The highest BCUT2D eigenvalue weighted by atomic mass is 32.2. The SMILES string of the molecule is OCCCSCc1ccc2ncccc2c1. The molecular formula is C13H15NOS. The Morgan fingerprint density at radius 3 is 3.06 bits per heavy atom. The van der Waals surface area contributed by atoms with Crippen LogP contribution in [0.5, 0.6) is 0 Å². The highest BCUT2D eigenvalue weighted by Gasteiger charge is 1.97. The molecular weight excluding hydrogens is 218 g/mol. The van der Waals surface area contributed by atoms with Crippen molar-refractivity contribution in [3.8, 4) is 0 Å². The van der Waals surface area contributed by atoms with E-state index in [-0.39, 0.29) is 6.61 Å². The molecule has 0 aliphatic heterocycles. The van der Waals surface area contributed by atoms with Gasteiger partial charge in [-0.25, -0.2) is 0 Å². The number of thioether (sulfide) groups is 1. The van der Waals surface area contributed by atoms with Gasteiger partial charge in [-0.05, 0) is 35.9 Å². The molecule has 0 unspecified atom stereocenters. The minimum atomic E-state index is 0.286. The number of fused-ring (bicyclic) bond motifs is 1. The number of aromatic nitrogens is 1. The summed E-state index contributed by atoms with van der Waals surface area (Å²) in [5.74, 6) is 2.02. The van der Waals surface area contributed by atoms with Crippen LogP contribution in [0.1, 0.15) is 12.0 Å². The third-order valence-corrected chi connectivity index (χ3v) is 3.50.